The number of aryl methyl sites for hydroxylation is 1. The first kappa shape index (κ1) is 18.2. The van der Waals surface area contributed by atoms with Gasteiger partial charge in [0.05, 0.1) is 10.2 Å². The van der Waals surface area contributed by atoms with Crippen molar-refractivity contribution in [3.8, 4) is 10.7 Å². The van der Waals surface area contributed by atoms with Crippen molar-refractivity contribution in [1.82, 2.24) is 9.97 Å². The minimum Gasteiger partial charge on any atom is -0.302 e. The van der Waals surface area contributed by atoms with Gasteiger partial charge < -0.3 is 5.32 Å². The molecule has 4 aromatic rings. The molecule has 0 spiro atoms. The molecule has 4 rings (SSSR count). The number of nitrogens with one attached hydrogen (secondary N) is 1. The molecule has 136 valence electrons. The molecule has 2 aromatic carbocycles. The highest BCUT2D eigenvalue weighted by atomic mass is 32.2. The first-order valence-corrected chi connectivity index (χ1v) is 11.2. The number of carbonyl (C=O) groups is 1. The van der Waals surface area contributed by atoms with Gasteiger partial charge in [0.1, 0.15) is 10.7 Å². The molecular formula is C20H17N3OS3. The molecule has 0 aliphatic heterocycles. The van der Waals surface area contributed by atoms with Gasteiger partial charge in [-0.05, 0) is 31.2 Å². The van der Waals surface area contributed by atoms with Gasteiger partial charge in [-0.25, -0.2) is 9.97 Å². The molecular weight excluding hydrogens is 394 g/mol. The fourth-order valence-electron chi connectivity index (χ4n) is 2.49. The lowest BCUT2D eigenvalue weighted by atomic mass is 10.2. The first-order chi connectivity index (χ1) is 13.2. The average molecular weight is 412 g/mol. The predicted octanol–water partition coefficient (Wildman–Crippen LogP) is 5.85. The van der Waals surface area contributed by atoms with E-state index in [0.29, 0.717) is 11.6 Å². The van der Waals surface area contributed by atoms with Crippen molar-refractivity contribution in [2.75, 3.05) is 11.1 Å². The predicted molar refractivity (Wildman–Crippen MR) is 116 cm³/mol. The van der Waals surface area contributed by atoms with Crippen molar-refractivity contribution >= 4 is 55.7 Å². The van der Waals surface area contributed by atoms with Gasteiger partial charge in [-0.1, -0.05) is 29.8 Å². The van der Waals surface area contributed by atoms with E-state index in [4.69, 9.17) is 0 Å². The minimum atomic E-state index is -0.0141. The van der Waals surface area contributed by atoms with Crippen molar-refractivity contribution in [2.45, 2.75) is 18.2 Å². The number of rotatable bonds is 6. The molecule has 1 amide bonds. The van der Waals surface area contributed by atoms with E-state index < -0.39 is 0 Å². The molecule has 4 nitrogen and oxygen atoms in total. The molecule has 27 heavy (non-hydrogen) atoms. The van der Waals surface area contributed by atoms with Gasteiger partial charge in [-0.3, -0.25) is 4.79 Å². The van der Waals surface area contributed by atoms with Crippen LogP contribution in [0.4, 0.5) is 5.13 Å². The summed E-state index contributed by atoms with van der Waals surface area (Å²) in [4.78, 5) is 22.5. The summed E-state index contributed by atoms with van der Waals surface area (Å²) in [5, 5.41) is 6.33. The SMILES string of the molecule is Cc1ccc(SCCC(=O)Nc2nc(-c3nc4ccccc4s3)cs2)cc1. The largest absolute Gasteiger partial charge is 0.302 e. The van der Waals surface area contributed by atoms with Gasteiger partial charge in [-0.15, -0.1) is 34.4 Å². The Balaban J connectivity index is 1.33. The lowest BCUT2D eigenvalue weighted by molar-refractivity contribution is -0.115. The molecule has 0 atom stereocenters. The summed E-state index contributed by atoms with van der Waals surface area (Å²) < 4.78 is 1.14. The summed E-state index contributed by atoms with van der Waals surface area (Å²) in [6, 6.07) is 16.4. The van der Waals surface area contributed by atoms with Crippen molar-refractivity contribution in [3.05, 3.63) is 59.5 Å². The number of thiazole rings is 2. The number of hydrogen-bond donors (Lipinski definition) is 1. The summed E-state index contributed by atoms with van der Waals surface area (Å²) in [5.41, 5.74) is 3.03. The summed E-state index contributed by atoms with van der Waals surface area (Å²) in [6.45, 7) is 2.07. The third-order valence-corrected chi connectivity index (χ3v) is 6.71. The minimum absolute atomic E-state index is 0.0141. The number of aromatic nitrogens is 2. The third-order valence-electron chi connectivity index (χ3n) is 3.88. The normalized spacial score (nSPS) is 11.0. The molecule has 0 saturated carbocycles. The number of anilines is 1. The van der Waals surface area contributed by atoms with E-state index in [1.165, 1.54) is 21.8 Å². The van der Waals surface area contributed by atoms with E-state index in [-0.39, 0.29) is 5.91 Å². The summed E-state index contributed by atoms with van der Waals surface area (Å²) >= 11 is 4.73. The maximum atomic E-state index is 12.2. The Bertz CT molecular complexity index is 1040. The molecule has 1 N–H and O–H groups in total. The molecule has 7 heteroatoms. The van der Waals surface area contributed by atoms with Crippen LogP contribution in [0.5, 0.6) is 0 Å². The molecule has 0 bridgehead atoms. The van der Waals surface area contributed by atoms with Crippen molar-refractivity contribution in [1.29, 1.82) is 0 Å². The monoisotopic (exact) mass is 411 g/mol. The molecule has 2 aromatic heterocycles. The Morgan fingerprint density at radius 3 is 2.74 bits per heavy atom. The fraction of sp³-hybridized carbons (Fsp3) is 0.150. The molecule has 0 fully saturated rings. The van der Waals surface area contributed by atoms with Crippen molar-refractivity contribution in [2.24, 2.45) is 0 Å². The van der Waals surface area contributed by atoms with E-state index in [0.717, 1.165) is 26.7 Å². The number of benzene rings is 2. The van der Waals surface area contributed by atoms with Crippen molar-refractivity contribution < 1.29 is 4.79 Å². The quantitative estimate of drug-likeness (QED) is 0.404. The molecule has 0 saturated heterocycles. The van der Waals surface area contributed by atoms with E-state index in [1.54, 1.807) is 23.1 Å². The second-order valence-corrected chi connectivity index (χ2v) is 9.04. The van der Waals surface area contributed by atoms with Gasteiger partial charge in [0.15, 0.2) is 5.13 Å². The zero-order valence-electron chi connectivity index (χ0n) is 14.6. The van der Waals surface area contributed by atoms with Crippen LogP contribution in [0, 0.1) is 6.92 Å². The number of hydrogen-bond acceptors (Lipinski definition) is 6. The molecule has 2 heterocycles. The summed E-state index contributed by atoms with van der Waals surface area (Å²) in [6.07, 6.45) is 0.453. The van der Waals surface area contributed by atoms with Crippen LogP contribution in [0.3, 0.4) is 0 Å². The lowest BCUT2D eigenvalue weighted by Gasteiger charge is -2.03. The molecule has 0 aliphatic rings. The van der Waals surface area contributed by atoms with E-state index in [9.17, 15) is 4.79 Å². The Hall–Kier alpha value is -2.22. The van der Waals surface area contributed by atoms with Crippen LogP contribution in [0.1, 0.15) is 12.0 Å². The molecule has 0 radical (unpaired) electrons. The van der Waals surface area contributed by atoms with Gasteiger partial charge in [0, 0.05) is 22.4 Å². The second-order valence-electron chi connectivity index (χ2n) is 5.98. The lowest BCUT2D eigenvalue weighted by Crippen LogP contribution is -2.11. The van der Waals surface area contributed by atoms with Gasteiger partial charge in [0.2, 0.25) is 5.91 Å². The smallest absolute Gasteiger partial charge is 0.226 e. The highest BCUT2D eigenvalue weighted by Crippen LogP contribution is 2.32. The van der Waals surface area contributed by atoms with Gasteiger partial charge in [0.25, 0.3) is 0 Å². The van der Waals surface area contributed by atoms with E-state index in [2.05, 4.69) is 52.5 Å². The molecule has 0 aliphatic carbocycles. The highest BCUT2D eigenvalue weighted by molar-refractivity contribution is 7.99. The zero-order valence-corrected chi connectivity index (χ0v) is 17.1. The Labute approximate surface area is 169 Å². The molecule has 0 unspecified atom stereocenters. The van der Waals surface area contributed by atoms with Gasteiger partial charge in [-0.2, -0.15) is 0 Å². The topological polar surface area (TPSA) is 54.9 Å². The number of carbonyl (C=O) groups excluding carboxylic acids is 1. The van der Waals surface area contributed by atoms with Crippen LogP contribution in [0.2, 0.25) is 0 Å². The Kier molecular flexibility index (Phi) is 5.52. The number of amides is 1. The first-order valence-electron chi connectivity index (χ1n) is 8.48. The van der Waals surface area contributed by atoms with Crippen LogP contribution in [0.15, 0.2) is 58.8 Å². The zero-order chi connectivity index (χ0) is 18.6. The van der Waals surface area contributed by atoms with E-state index in [1.807, 2.05) is 23.6 Å². The number of fused-ring (bicyclic) bond motifs is 1. The number of nitrogens with zero attached hydrogens (tertiary/aromatic N) is 2. The highest BCUT2D eigenvalue weighted by Gasteiger charge is 2.12. The van der Waals surface area contributed by atoms with Crippen LogP contribution < -0.4 is 5.32 Å². The number of para-hydroxylation sites is 1. The number of thioether (sulfide) groups is 1. The summed E-state index contributed by atoms with van der Waals surface area (Å²) in [7, 11) is 0. The van der Waals surface area contributed by atoms with Crippen LogP contribution in [-0.4, -0.2) is 21.6 Å². The van der Waals surface area contributed by atoms with Crippen LogP contribution in [-0.2, 0) is 4.79 Å². The Morgan fingerprint density at radius 1 is 1.11 bits per heavy atom. The maximum absolute atomic E-state index is 12.2. The van der Waals surface area contributed by atoms with E-state index >= 15 is 0 Å². The summed E-state index contributed by atoms with van der Waals surface area (Å²) in [5.74, 6) is 0.727. The Morgan fingerprint density at radius 2 is 1.93 bits per heavy atom. The van der Waals surface area contributed by atoms with Gasteiger partial charge >= 0.3 is 0 Å². The maximum Gasteiger partial charge on any atom is 0.226 e. The third kappa shape index (κ3) is 4.55. The standard InChI is InChI=1S/C20H17N3OS3/c1-13-6-8-14(9-7-13)25-11-10-18(24)23-20-22-16(12-26-20)19-21-15-4-2-3-5-17(15)27-19/h2-9,12H,10-11H2,1H3,(H,22,23,24). The van der Waals surface area contributed by atoms with Crippen LogP contribution >= 0.6 is 34.4 Å². The van der Waals surface area contributed by atoms with Crippen molar-refractivity contribution in [3.63, 3.8) is 0 Å². The fourth-order valence-corrected chi connectivity index (χ4v) is 5.05. The average Bonchev–Trinajstić information content (AvgIpc) is 3.30. The van der Waals surface area contributed by atoms with Crippen LogP contribution in [0.25, 0.3) is 20.9 Å². The second kappa shape index (κ2) is 8.21.